The number of hydrogen-bond donors (Lipinski definition) is 3. The molecule has 0 radical (unpaired) electrons. The van der Waals surface area contributed by atoms with E-state index in [0.29, 0.717) is 37.7 Å². The molecule has 0 spiro atoms. The van der Waals surface area contributed by atoms with E-state index >= 15 is 0 Å². The Bertz CT molecular complexity index is 4820. The van der Waals surface area contributed by atoms with Gasteiger partial charge in [-0.05, 0) is 120 Å². The monoisotopic (exact) mass is 1600 g/mol. The zero-order chi connectivity index (χ0) is 67.8. The van der Waals surface area contributed by atoms with Crippen molar-refractivity contribution in [3.8, 4) is 0 Å². The number of benzene rings is 6. The number of carbonyl (C=O) groups is 5. The molecule has 10 aromatic rings. The zero-order valence-electron chi connectivity index (χ0n) is 52.5. The fourth-order valence-electron chi connectivity index (χ4n) is 13.6. The van der Waals surface area contributed by atoms with Crippen molar-refractivity contribution in [2.24, 2.45) is 7.05 Å². The SMILES string of the molecule is CCCC(CC(=O)O)n1c(=O)n(Cc2cc(Br)cc3c2N(C)C(=O)C3(Br)Br)c2ccccc21.CCCC(CC(=O)O)n1c(=O)n(Cc2cc(Br)cc3c2N(C)C(=O)C3)c2ccccc21.CCCC(CC(=O)O)n1c(=O)n(Cc2cc(Br)cc3ccn(C)c23)c2ccccc21. The molecule has 4 aromatic heterocycles. The van der Waals surface area contributed by atoms with Gasteiger partial charge in [-0.2, -0.15) is 0 Å². The molecule has 0 aliphatic carbocycles. The molecule has 492 valence electrons. The first-order chi connectivity index (χ1) is 44.8. The predicted octanol–water partition coefficient (Wildman–Crippen LogP) is 14.2. The summed E-state index contributed by atoms with van der Waals surface area (Å²) in [5, 5.41) is 29.4. The first-order valence-electron chi connectivity index (χ1n) is 30.8. The molecule has 12 rings (SSSR count). The number of anilines is 2. The molecule has 2 aliphatic rings. The minimum absolute atomic E-state index is 0.0218. The minimum Gasteiger partial charge on any atom is -0.481 e. The van der Waals surface area contributed by atoms with Gasteiger partial charge >= 0.3 is 35.0 Å². The number of likely N-dealkylation sites (N-methyl/N-ethyl adjacent to an activating group) is 2. The summed E-state index contributed by atoms with van der Waals surface area (Å²) in [6.45, 7) is 6.89. The molecule has 0 bridgehead atoms. The third-order valence-electron chi connectivity index (χ3n) is 17.5. The molecule has 6 aromatic carbocycles. The van der Waals surface area contributed by atoms with Crippen molar-refractivity contribution >= 4 is 165 Å². The zero-order valence-corrected chi connectivity index (χ0v) is 60.4. The van der Waals surface area contributed by atoms with E-state index in [-0.39, 0.29) is 67.3 Å². The maximum Gasteiger partial charge on any atom is 0.329 e. The van der Waals surface area contributed by atoms with Gasteiger partial charge in [-0.25, -0.2) is 14.4 Å². The summed E-state index contributed by atoms with van der Waals surface area (Å²) < 4.78 is 13.6. The van der Waals surface area contributed by atoms with Crippen LogP contribution in [0.4, 0.5) is 11.4 Å². The minimum atomic E-state index is -1.03. The van der Waals surface area contributed by atoms with Crippen molar-refractivity contribution in [2.45, 2.75) is 126 Å². The van der Waals surface area contributed by atoms with E-state index in [0.717, 1.165) is 110 Å². The van der Waals surface area contributed by atoms with Crippen molar-refractivity contribution in [1.29, 1.82) is 0 Å². The van der Waals surface area contributed by atoms with E-state index in [1.807, 2.05) is 137 Å². The van der Waals surface area contributed by atoms with Gasteiger partial charge in [-0.3, -0.25) is 51.4 Å². The lowest BCUT2D eigenvalue weighted by Crippen LogP contribution is -2.30. The highest BCUT2D eigenvalue weighted by Crippen LogP contribution is 2.52. The number of aromatic nitrogens is 7. The third-order valence-corrected chi connectivity index (χ3v) is 20.4. The summed E-state index contributed by atoms with van der Waals surface area (Å²) in [6, 6.07) is 35.1. The Labute approximate surface area is 582 Å². The lowest BCUT2D eigenvalue weighted by molar-refractivity contribution is -0.139. The highest BCUT2D eigenvalue weighted by Gasteiger charge is 2.47. The first kappa shape index (κ1) is 69.3. The van der Waals surface area contributed by atoms with E-state index in [9.17, 15) is 53.7 Å². The van der Waals surface area contributed by atoms with Crippen molar-refractivity contribution in [3.05, 3.63) is 194 Å². The van der Waals surface area contributed by atoms with E-state index in [2.05, 4.69) is 96.3 Å². The lowest BCUT2D eigenvalue weighted by Gasteiger charge is -2.17. The van der Waals surface area contributed by atoms with Gasteiger partial charge in [0.1, 0.15) is 0 Å². The topological polar surface area (TPSA) is 238 Å². The summed E-state index contributed by atoms with van der Waals surface area (Å²) in [4.78, 5) is 104. The van der Waals surface area contributed by atoms with Crippen LogP contribution in [-0.4, -0.2) is 91.1 Å². The normalized spacial score (nSPS) is 14.3. The number of carboxylic acids is 3. The summed E-state index contributed by atoms with van der Waals surface area (Å²) in [7, 11) is 5.46. The van der Waals surface area contributed by atoms with Crippen molar-refractivity contribution < 1.29 is 39.3 Å². The smallest absolute Gasteiger partial charge is 0.329 e. The second-order valence-corrected chi connectivity index (χ2v) is 30.0. The highest BCUT2D eigenvalue weighted by molar-refractivity contribution is 9.25. The Hall–Kier alpha value is -7.58. The van der Waals surface area contributed by atoms with Crippen LogP contribution in [0.15, 0.2) is 149 Å². The Balaban J connectivity index is 0.000000154. The number of para-hydroxylation sites is 6. The Morgan fingerprint density at radius 2 is 0.862 bits per heavy atom. The number of aliphatic carboxylic acids is 3. The number of carbonyl (C=O) groups excluding carboxylic acids is 2. The summed E-state index contributed by atoms with van der Waals surface area (Å²) in [5.41, 5.74) is 10.9. The van der Waals surface area contributed by atoms with Crippen molar-refractivity contribution in [3.63, 3.8) is 0 Å². The second-order valence-electron chi connectivity index (χ2n) is 23.8. The van der Waals surface area contributed by atoms with Gasteiger partial charge in [-0.1, -0.05) is 156 Å². The van der Waals surface area contributed by atoms with Crippen molar-refractivity contribution in [1.82, 2.24) is 32.0 Å². The number of halogens is 5. The molecule has 3 unspecified atom stereocenters. The standard InChI is InChI=1S/C23H22Br3N3O4.C23H24BrN3O4.C23H24BrN3O3/c1-3-6-15(11-19(30)31)29-18-8-5-4-7-17(18)28(22(29)33)12-13-9-14(24)10-16-20(13)27(2)21(32)23(16,25)26;1-3-6-17(12-21(29)30)27-19-8-5-4-7-18(19)26(23(27)31)13-15-10-16(24)9-14-11-20(28)25(2)22(14)15;1-3-6-18(13-21(28)29)27-20-8-5-4-7-19(20)26(23(27)30)14-16-12-17(24)11-15-9-10-25(2)22(15)16/h4-5,7-10,15H,3,6,11-12H2,1-2H3,(H,30,31);4-5,7-10,17H,3,6,11-13H2,1-2H3,(H,29,30);4-5,7-12,18H,3,6,13-14H2,1-2H3,(H,28,29). The van der Waals surface area contributed by atoms with Gasteiger partial charge in [0.15, 0.2) is 3.23 Å². The largest absolute Gasteiger partial charge is 0.481 e. The van der Waals surface area contributed by atoms with E-state index in [4.69, 9.17) is 0 Å². The molecule has 6 heterocycles. The van der Waals surface area contributed by atoms with Crippen LogP contribution in [0, 0.1) is 0 Å². The van der Waals surface area contributed by atoms with E-state index in [1.54, 1.807) is 51.3 Å². The van der Waals surface area contributed by atoms with Crippen LogP contribution < -0.4 is 26.9 Å². The number of fused-ring (bicyclic) bond motifs is 6. The van der Waals surface area contributed by atoms with Gasteiger partial charge in [0.05, 0.1) is 95.3 Å². The number of carboxylic acid groups (broad SMARTS) is 3. The van der Waals surface area contributed by atoms with Gasteiger partial charge in [0.25, 0.3) is 5.91 Å². The van der Waals surface area contributed by atoms with E-state index in [1.165, 1.54) is 0 Å². The molecular weight excluding hydrogens is 1530 g/mol. The Morgan fingerprint density at radius 1 is 0.489 bits per heavy atom. The second kappa shape index (κ2) is 28.8. The van der Waals surface area contributed by atoms with Crippen LogP contribution in [0.2, 0.25) is 0 Å². The molecule has 3 atom stereocenters. The fourth-order valence-corrected chi connectivity index (χ4v) is 16.3. The molecular formula is C69H70Br5N9O11. The number of amides is 2. The quantitative estimate of drug-likeness (QED) is 0.0572. The molecule has 0 fully saturated rings. The van der Waals surface area contributed by atoms with E-state index < -0.39 is 33.2 Å². The van der Waals surface area contributed by atoms with Gasteiger partial charge in [0.2, 0.25) is 5.91 Å². The molecule has 20 nitrogen and oxygen atoms in total. The number of hydrogen-bond acceptors (Lipinski definition) is 8. The summed E-state index contributed by atoms with van der Waals surface area (Å²) in [6.07, 6.45) is 6.21. The van der Waals surface area contributed by atoms with Crippen LogP contribution in [0.25, 0.3) is 44.0 Å². The average Bonchev–Trinajstić information content (AvgIpc) is 1.60. The summed E-state index contributed by atoms with van der Waals surface area (Å²) >= 11 is 17.6. The Morgan fingerprint density at radius 3 is 1.28 bits per heavy atom. The molecule has 2 aliphatic heterocycles. The number of rotatable bonds is 21. The number of imidazole rings is 3. The number of nitrogens with zero attached hydrogens (tertiary/aromatic N) is 9. The van der Waals surface area contributed by atoms with Crippen LogP contribution in [0.1, 0.15) is 125 Å². The highest BCUT2D eigenvalue weighted by atomic mass is 79.9. The van der Waals surface area contributed by atoms with Crippen LogP contribution in [-0.2, 0) is 60.3 Å². The molecule has 25 heteroatoms. The Kier molecular flexibility index (Phi) is 21.2. The van der Waals surface area contributed by atoms with Crippen LogP contribution in [0.3, 0.4) is 0 Å². The molecule has 2 amide bonds. The van der Waals surface area contributed by atoms with Gasteiger partial charge in [0, 0.05) is 69.8 Å². The maximum absolute atomic E-state index is 13.7. The number of aryl methyl sites for hydroxylation is 1. The first-order valence-corrected chi connectivity index (χ1v) is 34.8. The predicted molar refractivity (Wildman–Crippen MR) is 383 cm³/mol. The maximum atomic E-state index is 13.7. The summed E-state index contributed by atoms with van der Waals surface area (Å²) in [5.74, 6) is -2.89. The van der Waals surface area contributed by atoms with Crippen LogP contribution in [0.5, 0.6) is 0 Å². The molecule has 94 heavy (non-hydrogen) atoms. The lowest BCUT2D eigenvalue weighted by atomic mass is 10.1. The number of alkyl halides is 2. The van der Waals surface area contributed by atoms with Gasteiger partial charge < -0.3 is 29.7 Å². The third kappa shape index (κ3) is 13.7. The molecule has 0 saturated carbocycles. The average molecular weight is 1600 g/mol. The molecule has 3 N–H and O–H groups in total. The fraction of sp³-hybridized carbons (Fsp3) is 0.333. The van der Waals surface area contributed by atoms with Gasteiger partial charge in [-0.15, -0.1) is 0 Å². The van der Waals surface area contributed by atoms with Crippen molar-refractivity contribution in [2.75, 3.05) is 23.9 Å². The molecule has 0 saturated heterocycles. The van der Waals surface area contributed by atoms with Crippen LogP contribution >= 0.6 is 79.6 Å².